The van der Waals surface area contributed by atoms with Gasteiger partial charge >= 0.3 is 12.1 Å². The van der Waals surface area contributed by atoms with Gasteiger partial charge in [0.15, 0.2) is 17.4 Å². The van der Waals surface area contributed by atoms with E-state index in [2.05, 4.69) is 33.0 Å². The van der Waals surface area contributed by atoms with Gasteiger partial charge in [0.25, 0.3) is 11.8 Å². The van der Waals surface area contributed by atoms with E-state index in [4.69, 9.17) is 25.9 Å². The predicted molar refractivity (Wildman–Crippen MR) is 266 cm³/mol. The largest absolute Gasteiger partial charge is 0.508 e. The monoisotopic (exact) mass is 1020 g/mol. The van der Waals surface area contributed by atoms with Crippen molar-refractivity contribution < 1.29 is 51.8 Å². The minimum Gasteiger partial charge on any atom is -0.508 e. The number of hydrogen-bond acceptors (Lipinski definition) is 13. The number of fused-ring (bicyclic) bond motifs is 4. The molecular formula is C56H52F2N9O8+. The second kappa shape index (κ2) is 16.2. The molecule has 8 saturated heterocycles. The maximum Gasteiger partial charge on any atom is 0.409 e. The lowest BCUT2D eigenvalue weighted by molar-refractivity contribution is -0.953. The number of phenols is 1. The average molecular weight is 1020 g/mol. The van der Waals surface area contributed by atoms with Gasteiger partial charge in [0.2, 0.25) is 11.8 Å². The number of terminal acetylenes is 1. The van der Waals surface area contributed by atoms with Gasteiger partial charge in [-0.15, -0.1) is 6.42 Å². The minimum absolute atomic E-state index is 0.0234. The van der Waals surface area contributed by atoms with Crippen molar-refractivity contribution in [3.05, 3.63) is 94.8 Å². The number of quaternary nitrogens is 1. The van der Waals surface area contributed by atoms with E-state index in [0.29, 0.717) is 67.6 Å². The number of halogens is 2. The number of rotatable bonds is 11. The lowest BCUT2D eigenvalue weighted by Gasteiger charge is -2.50. The van der Waals surface area contributed by atoms with Gasteiger partial charge in [0, 0.05) is 79.7 Å². The highest BCUT2D eigenvalue weighted by atomic mass is 19.1. The van der Waals surface area contributed by atoms with Crippen molar-refractivity contribution in [3.8, 4) is 35.4 Å². The number of ether oxygens (including phenoxy) is 2. The van der Waals surface area contributed by atoms with Crippen LogP contribution in [0.25, 0.3) is 32.9 Å². The summed E-state index contributed by atoms with van der Waals surface area (Å²) >= 11 is 0. The van der Waals surface area contributed by atoms with Gasteiger partial charge in [-0.3, -0.25) is 43.8 Å². The summed E-state index contributed by atoms with van der Waals surface area (Å²) in [4.78, 5) is 84.5. The van der Waals surface area contributed by atoms with Crippen molar-refractivity contribution >= 4 is 57.1 Å². The zero-order valence-corrected chi connectivity index (χ0v) is 40.9. The van der Waals surface area contributed by atoms with Crippen LogP contribution in [0, 0.1) is 29.9 Å². The Morgan fingerprint density at radius 1 is 1.03 bits per heavy atom. The quantitative estimate of drug-likeness (QED) is 0.0441. The number of pyridine rings is 1. The number of amides is 5. The standard InChI is InChI=1S/C56H51F2N9O8/c1-3-35-39(57)10-7-30-17-34(68)18-37(43(30)35)46-45(58)47-38(23-60-46)48(49-56-20-32-8-9-33(21-56)67(32,49)56)63-53(62-47)75-27-55-15-13-31(65(55)24-28(2)19-55)26-74-54(73)64-16-14-29(25-64)22-59-40-6-4-5-36-44(40)52(72)66(51(36)71)41-11-12-42(69)61-50(41)70/h1,4-7,10,17-18,23,29,31-33,41,49H,2,8-9,11-16,19-22,24-27H2,(H2-,59,61,68,69,70,72)/p+1/t29?,31-,32?,33?,41?,49?,55-,56?,67?/m0/s1. The third-order valence-electron chi connectivity index (χ3n) is 18.7. The molecule has 17 nitrogen and oxygen atoms in total. The van der Waals surface area contributed by atoms with Crippen molar-refractivity contribution in [2.24, 2.45) is 5.92 Å². The molecule has 0 aliphatic carbocycles. The van der Waals surface area contributed by atoms with Crippen molar-refractivity contribution in [3.63, 3.8) is 0 Å². The Balaban J connectivity index is 0.668. The van der Waals surface area contributed by atoms with Crippen LogP contribution in [-0.2, 0) is 14.3 Å². The maximum absolute atomic E-state index is 17.4. The number of phenolic OH excluding ortho intramolecular Hbond substituents is 1. The molecule has 2 aromatic heterocycles. The summed E-state index contributed by atoms with van der Waals surface area (Å²) in [6, 6.07) is 10.5. The molecule has 1 spiro atoms. The first-order valence-corrected chi connectivity index (χ1v) is 26.0. The van der Waals surface area contributed by atoms with Crippen LogP contribution in [-0.4, -0.2) is 144 Å². The lowest BCUT2D eigenvalue weighted by Crippen LogP contribution is -2.65. The Morgan fingerprint density at radius 2 is 1.85 bits per heavy atom. The van der Waals surface area contributed by atoms with Gasteiger partial charge in [-0.05, 0) is 73.7 Å². The number of nitrogens with zero attached hydrogens (tertiary/aromatic N) is 7. The summed E-state index contributed by atoms with van der Waals surface area (Å²) in [5.74, 6) is -1.41. The molecule has 9 aliphatic heterocycles. The molecule has 382 valence electrons. The summed E-state index contributed by atoms with van der Waals surface area (Å²) < 4.78 is 46.3. The molecule has 7 atom stereocenters. The van der Waals surface area contributed by atoms with Gasteiger partial charge < -0.3 is 24.8 Å². The van der Waals surface area contributed by atoms with Gasteiger partial charge in [0.1, 0.15) is 47.7 Å². The molecule has 8 fully saturated rings. The van der Waals surface area contributed by atoms with Gasteiger partial charge in [0.05, 0.1) is 47.2 Å². The third kappa shape index (κ3) is 6.41. The first-order chi connectivity index (χ1) is 36.2. The van der Waals surface area contributed by atoms with E-state index in [1.54, 1.807) is 29.3 Å². The zero-order chi connectivity index (χ0) is 51.4. The van der Waals surface area contributed by atoms with Gasteiger partial charge in [-0.2, -0.15) is 9.97 Å². The van der Waals surface area contributed by atoms with E-state index in [1.807, 2.05) is 0 Å². The topological polar surface area (TPSA) is 196 Å². The number of piperidine rings is 2. The van der Waals surface area contributed by atoms with Crippen LogP contribution in [0.4, 0.5) is 19.3 Å². The van der Waals surface area contributed by atoms with Gasteiger partial charge in [-0.1, -0.05) is 30.2 Å². The average Bonchev–Trinajstić information content (AvgIpc) is 2.65. The van der Waals surface area contributed by atoms with E-state index < -0.39 is 52.9 Å². The highest BCUT2D eigenvalue weighted by molar-refractivity contribution is 6.25. The molecule has 3 aromatic carbocycles. The maximum atomic E-state index is 17.4. The van der Waals surface area contributed by atoms with Crippen LogP contribution in [0.2, 0.25) is 0 Å². The fourth-order valence-electron chi connectivity index (χ4n) is 15.6. The Morgan fingerprint density at radius 3 is 2.65 bits per heavy atom. The molecule has 11 heterocycles. The van der Waals surface area contributed by atoms with E-state index >= 15 is 8.78 Å². The van der Waals surface area contributed by atoms with Crippen molar-refractivity contribution in [1.82, 2.24) is 35.0 Å². The smallest absolute Gasteiger partial charge is 0.409 e. The molecule has 75 heavy (non-hydrogen) atoms. The van der Waals surface area contributed by atoms with Crippen LogP contribution in [0.15, 0.2) is 60.8 Å². The highest BCUT2D eigenvalue weighted by Crippen LogP contribution is 2.87. The molecule has 3 N–H and O–H groups in total. The number of hydrogen-bond donors (Lipinski definition) is 3. The van der Waals surface area contributed by atoms with Crippen molar-refractivity contribution in [1.29, 1.82) is 0 Å². The molecule has 0 bridgehead atoms. The van der Waals surface area contributed by atoms with Crippen LogP contribution in [0.3, 0.4) is 0 Å². The van der Waals surface area contributed by atoms with Crippen LogP contribution >= 0.6 is 0 Å². The summed E-state index contributed by atoms with van der Waals surface area (Å²) in [6.07, 6.45) is 14.4. The number of imide groups is 2. The number of nitrogens with one attached hydrogen (secondary N) is 2. The molecule has 5 amide bonds. The van der Waals surface area contributed by atoms with Crippen LogP contribution < -0.4 is 15.4 Å². The molecule has 14 rings (SSSR count). The highest BCUT2D eigenvalue weighted by Gasteiger charge is 3.00. The second-order valence-corrected chi connectivity index (χ2v) is 22.4. The van der Waals surface area contributed by atoms with E-state index in [1.165, 1.54) is 37.1 Å². The number of aromatic nitrogens is 3. The summed E-state index contributed by atoms with van der Waals surface area (Å²) in [5, 5.41) is 17.5. The predicted octanol–water partition coefficient (Wildman–Crippen LogP) is 6.27. The van der Waals surface area contributed by atoms with E-state index in [0.717, 1.165) is 46.3 Å². The lowest BCUT2D eigenvalue weighted by atomic mass is 9.78. The van der Waals surface area contributed by atoms with Crippen LogP contribution in [0.5, 0.6) is 11.8 Å². The minimum atomic E-state index is -1.07. The van der Waals surface area contributed by atoms with E-state index in [-0.39, 0.29) is 100 Å². The third-order valence-corrected chi connectivity index (χ3v) is 18.7. The summed E-state index contributed by atoms with van der Waals surface area (Å²) in [5.41, 5.74) is 2.14. The fourth-order valence-corrected chi connectivity index (χ4v) is 15.6. The Hall–Kier alpha value is -7.56. The molecule has 19 heteroatoms. The summed E-state index contributed by atoms with van der Waals surface area (Å²) in [7, 11) is 0. The molecule has 9 aliphatic rings. The van der Waals surface area contributed by atoms with Crippen LogP contribution in [0.1, 0.15) is 102 Å². The number of anilines is 1. The van der Waals surface area contributed by atoms with E-state index in [9.17, 15) is 29.1 Å². The van der Waals surface area contributed by atoms with Crippen molar-refractivity contribution in [2.45, 2.75) is 105 Å². The van der Waals surface area contributed by atoms with Crippen molar-refractivity contribution in [2.75, 3.05) is 44.7 Å². The van der Waals surface area contributed by atoms with Gasteiger partial charge in [-0.25, -0.2) is 13.6 Å². The fraction of sp³-hybridized carbons (Fsp3) is 0.429. The zero-order valence-electron chi connectivity index (χ0n) is 40.9. The number of benzene rings is 3. The number of carbonyl (C=O) groups excluding carboxylic acids is 5. The first-order valence-electron chi connectivity index (χ1n) is 26.0. The number of aromatic hydroxyl groups is 1. The Bertz CT molecular complexity index is 3500. The summed E-state index contributed by atoms with van der Waals surface area (Å²) in [6.45, 7) is 6.60. The SMILES string of the molecule is C#Cc1c(F)ccc2cc(O)cc(-c3ncc4c(C5C67CC8CCC(C6)[N+]857)nc(OC[C@@]56CC[C@@H](COC(=O)N7CCC(CNc8cccc9c8C(=O)N(C8CCC(=O)NC8=O)C9=O)C7)N5CC(=C)C6)nc4c3F)c12. The number of likely N-dealkylation sites (tertiary alicyclic amines) is 1. The Kier molecular flexibility index (Phi) is 9.95. The second-order valence-electron chi connectivity index (χ2n) is 22.4. The molecule has 5 unspecified atom stereocenters. The first kappa shape index (κ1) is 46.0. The molecule has 0 radical (unpaired) electrons. The molecular weight excluding hydrogens is 965 g/mol. The normalized spacial score (nSPS) is 30.9. The molecule has 5 aromatic rings. The number of carbonyl (C=O) groups is 5. The Labute approximate surface area is 428 Å². The molecule has 0 saturated carbocycles.